The number of carboxylic acid groups (broad SMARTS) is 1. The normalized spacial score (nSPS) is 12.9. The third-order valence-corrected chi connectivity index (χ3v) is 3.84. The van der Waals surface area contributed by atoms with Crippen molar-refractivity contribution in [2.75, 3.05) is 32.1 Å². The van der Waals surface area contributed by atoms with E-state index >= 15 is 0 Å². The zero-order valence-electron chi connectivity index (χ0n) is 13.0. The molecular formula is C16H23BrN2O2. The Morgan fingerprint density at radius 2 is 2.10 bits per heavy atom. The fraction of sp³-hybridized carbons (Fsp3) is 0.438. The summed E-state index contributed by atoms with van der Waals surface area (Å²) in [4.78, 5) is 15.1. The summed E-state index contributed by atoms with van der Waals surface area (Å²) in [6.07, 6.45) is 2.74. The van der Waals surface area contributed by atoms with E-state index in [1.54, 1.807) is 6.08 Å². The Morgan fingerprint density at radius 1 is 1.43 bits per heavy atom. The number of hydrogen-bond donors (Lipinski definition) is 1. The Morgan fingerprint density at radius 3 is 2.57 bits per heavy atom. The molecule has 0 aliphatic carbocycles. The molecule has 0 aliphatic heterocycles. The Hall–Kier alpha value is -1.33. The molecule has 0 saturated carbocycles. The van der Waals surface area contributed by atoms with E-state index in [-0.39, 0.29) is 0 Å². The first-order valence-corrected chi connectivity index (χ1v) is 7.76. The van der Waals surface area contributed by atoms with E-state index in [0.717, 1.165) is 34.9 Å². The van der Waals surface area contributed by atoms with Crippen molar-refractivity contribution in [1.29, 1.82) is 0 Å². The Bertz CT molecular complexity index is 515. The van der Waals surface area contributed by atoms with Crippen LogP contribution in [0.2, 0.25) is 0 Å². The van der Waals surface area contributed by atoms with Gasteiger partial charge in [-0.05, 0) is 67.6 Å². The van der Waals surface area contributed by atoms with Crippen molar-refractivity contribution in [3.63, 3.8) is 0 Å². The number of rotatable bonds is 7. The molecular weight excluding hydrogens is 332 g/mol. The quantitative estimate of drug-likeness (QED) is 0.762. The van der Waals surface area contributed by atoms with Gasteiger partial charge in [0.05, 0.1) is 5.69 Å². The number of aliphatic carboxylic acids is 1. The summed E-state index contributed by atoms with van der Waals surface area (Å²) in [5.41, 5.74) is 1.99. The molecule has 1 aromatic rings. The standard InChI is InChI=1S/C16H23BrN2O2/c1-5-19(12(2)11-18(3)4)15-8-6-13(10-14(15)17)7-9-16(20)21/h6-10,12H,5,11H2,1-4H3,(H,20,21)/b9-7+. The molecule has 5 heteroatoms. The van der Waals surface area contributed by atoms with E-state index in [1.807, 2.05) is 18.2 Å². The molecule has 0 saturated heterocycles. The fourth-order valence-electron chi connectivity index (χ4n) is 2.37. The smallest absolute Gasteiger partial charge is 0.328 e. The SMILES string of the molecule is CCN(c1ccc(/C=C/C(=O)O)cc1Br)C(C)CN(C)C. The lowest BCUT2D eigenvalue weighted by molar-refractivity contribution is -0.131. The molecule has 0 aliphatic rings. The van der Waals surface area contributed by atoms with Gasteiger partial charge in [-0.2, -0.15) is 0 Å². The van der Waals surface area contributed by atoms with E-state index in [2.05, 4.69) is 53.7 Å². The van der Waals surface area contributed by atoms with Crippen molar-refractivity contribution < 1.29 is 9.90 Å². The second-order valence-electron chi connectivity index (χ2n) is 5.28. The summed E-state index contributed by atoms with van der Waals surface area (Å²) in [6.45, 7) is 6.23. The van der Waals surface area contributed by atoms with E-state index in [4.69, 9.17) is 5.11 Å². The highest BCUT2D eigenvalue weighted by Gasteiger charge is 2.16. The minimum Gasteiger partial charge on any atom is -0.478 e. The van der Waals surface area contributed by atoms with E-state index < -0.39 is 5.97 Å². The van der Waals surface area contributed by atoms with Crippen LogP contribution < -0.4 is 4.90 Å². The van der Waals surface area contributed by atoms with Gasteiger partial charge in [0.25, 0.3) is 0 Å². The second-order valence-corrected chi connectivity index (χ2v) is 6.13. The largest absolute Gasteiger partial charge is 0.478 e. The average Bonchev–Trinajstić information content (AvgIpc) is 2.38. The molecule has 116 valence electrons. The van der Waals surface area contributed by atoms with Crippen LogP contribution in [0.1, 0.15) is 19.4 Å². The third kappa shape index (κ3) is 5.52. The maximum atomic E-state index is 10.6. The van der Waals surface area contributed by atoms with Crippen LogP contribution in [0.5, 0.6) is 0 Å². The maximum absolute atomic E-state index is 10.6. The number of carbonyl (C=O) groups is 1. The molecule has 21 heavy (non-hydrogen) atoms. The molecule has 1 atom stereocenters. The van der Waals surface area contributed by atoms with Crippen molar-refractivity contribution in [2.24, 2.45) is 0 Å². The number of hydrogen-bond acceptors (Lipinski definition) is 3. The molecule has 1 rings (SSSR count). The lowest BCUT2D eigenvalue weighted by Crippen LogP contribution is -2.40. The van der Waals surface area contributed by atoms with Gasteiger partial charge < -0.3 is 14.9 Å². The van der Waals surface area contributed by atoms with Gasteiger partial charge in [-0.1, -0.05) is 6.07 Å². The molecule has 4 nitrogen and oxygen atoms in total. The van der Waals surface area contributed by atoms with Gasteiger partial charge in [0.1, 0.15) is 0 Å². The van der Waals surface area contributed by atoms with E-state index in [9.17, 15) is 4.79 Å². The topological polar surface area (TPSA) is 43.8 Å². The highest BCUT2D eigenvalue weighted by Crippen LogP contribution is 2.29. The van der Waals surface area contributed by atoms with Crippen molar-refractivity contribution in [3.8, 4) is 0 Å². The minimum atomic E-state index is -0.940. The van der Waals surface area contributed by atoms with Crippen molar-refractivity contribution >= 4 is 33.7 Å². The van der Waals surface area contributed by atoms with Crippen LogP contribution in [-0.2, 0) is 4.79 Å². The molecule has 0 spiro atoms. The summed E-state index contributed by atoms with van der Waals surface area (Å²) in [6, 6.07) is 6.30. The second kappa shape index (κ2) is 8.20. The molecule has 0 fully saturated rings. The van der Waals surface area contributed by atoms with E-state index in [0.29, 0.717) is 6.04 Å². The van der Waals surface area contributed by atoms with Gasteiger partial charge in [-0.25, -0.2) is 4.79 Å². The van der Waals surface area contributed by atoms with E-state index in [1.165, 1.54) is 0 Å². The Kier molecular flexibility index (Phi) is 6.92. The molecule has 0 radical (unpaired) electrons. The molecule has 0 aromatic heterocycles. The van der Waals surface area contributed by atoms with Crippen molar-refractivity contribution in [3.05, 3.63) is 34.3 Å². The van der Waals surface area contributed by atoms with Gasteiger partial charge in [-0.15, -0.1) is 0 Å². The van der Waals surface area contributed by atoms with Crippen LogP contribution in [0.15, 0.2) is 28.7 Å². The molecule has 1 aromatic carbocycles. The van der Waals surface area contributed by atoms with Crippen LogP contribution in [0.3, 0.4) is 0 Å². The van der Waals surface area contributed by atoms with Gasteiger partial charge in [0.15, 0.2) is 0 Å². The van der Waals surface area contributed by atoms with Gasteiger partial charge in [-0.3, -0.25) is 0 Å². The number of benzene rings is 1. The average molecular weight is 355 g/mol. The molecule has 0 bridgehead atoms. The predicted molar refractivity (Wildman–Crippen MR) is 91.8 cm³/mol. The molecule has 0 heterocycles. The van der Waals surface area contributed by atoms with Crippen LogP contribution in [0, 0.1) is 0 Å². The molecule has 1 unspecified atom stereocenters. The zero-order valence-corrected chi connectivity index (χ0v) is 14.6. The lowest BCUT2D eigenvalue weighted by atomic mass is 10.1. The van der Waals surface area contributed by atoms with Crippen LogP contribution in [-0.4, -0.2) is 49.2 Å². The highest BCUT2D eigenvalue weighted by molar-refractivity contribution is 9.10. The number of halogens is 1. The maximum Gasteiger partial charge on any atom is 0.328 e. The zero-order chi connectivity index (χ0) is 16.0. The minimum absolute atomic E-state index is 0.390. The Balaban J connectivity index is 2.98. The first-order valence-electron chi connectivity index (χ1n) is 6.97. The summed E-state index contributed by atoms with van der Waals surface area (Å²) < 4.78 is 0.975. The fourth-order valence-corrected chi connectivity index (χ4v) is 3.00. The number of anilines is 1. The van der Waals surface area contributed by atoms with Crippen LogP contribution in [0.4, 0.5) is 5.69 Å². The first-order chi connectivity index (χ1) is 9.85. The Labute approximate surface area is 135 Å². The summed E-state index contributed by atoms with van der Waals surface area (Å²) >= 11 is 3.59. The van der Waals surface area contributed by atoms with Gasteiger partial charge in [0, 0.05) is 29.7 Å². The van der Waals surface area contributed by atoms with Gasteiger partial charge in [0.2, 0.25) is 0 Å². The van der Waals surface area contributed by atoms with Crippen molar-refractivity contribution in [2.45, 2.75) is 19.9 Å². The summed E-state index contributed by atoms with van der Waals surface area (Å²) in [5, 5.41) is 8.67. The predicted octanol–water partition coefficient (Wildman–Crippen LogP) is 3.32. The third-order valence-electron chi connectivity index (χ3n) is 3.20. The number of likely N-dealkylation sites (N-methyl/N-ethyl adjacent to an activating group) is 2. The summed E-state index contributed by atoms with van der Waals surface area (Å²) in [5.74, 6) is -0.940. The number of nitrogens with zero attached hydrogens (tertiary/aromatic N) is 2. The highest BCUT2D eigenvalue weighted by atomic mass is 79.9. The lowest BCUT2D eigenvalue weighted by Gasteiger charge is -2.33. The van der Waals surface area contributed by atoms with Gasteiger partial charge >= 0.3 is 5.97 Å². The molecule has 1 N–H and O–H groups in total. The number of carboxylic acids is 1. The van der Waals surface area contributed by atoms with Crippen molar-refractivity contribution in [1.82, 2.24) is 4.90 Å². The first kappa shape index (κ1) is 17.7. The van der Waals surface area contributed by atoms with Crippen LogP contribution in [0.25, 0.3) is 6.08 Å². The van der Waals surface area contributed by atoms with Crippen LogP contribution >= 0.6 is 15.9 Å². The molecule has 0 amide bonds. The summed E-state index contributed by atoms with van der Waals surface area (Å²) in [7, 11) is 4.14. The monoisotopic (exact) mass is 354 g/mol.